The van der Waals surface area contributed by atoms with Crippen LogP contribution in [-0.2, 0) is 4.79 Å². The lowest BCUT2D eigenvalue weighted by Crippen LogP contribution is -2.49. The number of anilines is 2. The van der Waals surface area contributed by atoms with E-state index >= 15 is 0 Å². The molecule has 3 rings (SSSR count). The molecule has 6 nitrogen and oxygen atoms in total. The maximum Gasteiger partial charge on any atom is 0.253 e. The fourth-order valence-corrected chi connectivity index (χ4v) is 2.88. The molecule has 1 saturated heterocycles. The highest BCUT2D eigenvalue weighted by Gasteiger charge is 2.24. The van der Waals surface area contributed by atoms with Crippen LogP contribution in [0.25, 0.3) is 0 Å². The molecule has 0 atom stereocenters. The number of nitrogens with zero attached hydrogens (tertiary/aromatic N) is 3. The maximum atomic E-state index is 13.0. The number of hydrogen-bond donors (Lipinski definition) is 1. The number of nitrogens with one attached hydrogen (secondary N) is 1. The number of piperazine rings is 1. The second-order valence-electron chi connectivity index (χ2n) is 7.90. The molecular formula is C21H25FN4O2. The average Bonchev–Trinajstić information content (AvgIpc) is 2.68. The molecule has 1 aromatic carbocycles. The summed E-state index contributed by atoms with van der Waals surface area (Å²) in [5.74, 6) is 0.306. The third kappa shape index (κ3) is 4.65. The summed E-state index contributed by atoms with van der Waals surface area (Å²) in [6.45, 7) is 8.03. The highest BCUT2D eigenvalue weighted by molar-refractivity contribution is 5.95. The predicted molar refractivity (Wildman–Crippen MR) is 107 cm³/mol. The molecule has 2 aromatic rings. The van der Waals surface area contributed by atoms with Gasteiger partial charge in [-0.15, -0.1) is 0 Å². The molecule has 1 fully saturated rings. The third-order valence-corrected chi connectivity index (χ3v) is 4.67. The number of halogens is 1. The molecule has 0 radical (unpaired) electrons. The van der Waals surface area contributed by atoms with Gasteiger partial charge >= 0.3 is 0 Å². The molecule has 0 spiro atoms. The largest absolute Gasteiger partial charge is 0.353 e. The van der Waals surface area contributed by atoms with Crippen LogP contribution >= 0.6 is 0 Å². The van der Waals surface area contributed by atoms with E-state index in [-0.39, 0.29) is 17.6 Å². The van der Waals surface area contributed by atoms with E-state index in [0.717, 1.165) is 5.82 Å². The standard InChI is InChI=1S/C21H25FN4O2/c1-21(2,3)20(28)24-17-8-9-18(23-14-17)25-10-12-26(13-11-25)19(27)15-4-6-16(22)7-5-15/h4-9,14H,10-13H2,1-3H3,(H,24,28). The number of carbonyl (C=O) groups excluding carboxylic acids is 2. The van der Waals surface area contributed by atoms with Crippen LogP contribution in [0.1, 0.15) is 31.1 Å². The van der Waals surface area contributed by atoms with Gasteiger partial charge < -0.3 is 15.1 Å². The molecule has 148 valence electrons. The van der Waals surface area contributed by atoms with E-state index in [0.29, 0.717) is 37.4 Å². The van der Waals surface area contributed by atoms with Crippen molar-refractivity contribution < 1.29 is 14.0 Å². The first-order valence-electron chi connectivity index (χ1n) is 9.31. The third-order valence-electron chi connectivity index (χ3n) is 4.67. The van der Waals surface area contributed by atoms with Crippen molar-refractivity contribution in [3.05, 3.63) is 54.0 Å². The summed E-state index contributed by atoms with van der Waals surface area (Å²) in [5, 5.41) is 2.86. The van der Waals surface area contributed by atoms with Gasteiger partial charge in [0, 0.05) is 37.2 Å². The maximum absolute atomic E-state index is 13.0. The van der Waals surface area contributed by atoms with E-state index in [1.807, 2.05) is 32.9 Å². The van der Waals surface area contributed by atoms with Crippen LogP contribution in [0, 0.1) is 11.2 Å². The number of aromatic nitrogens is 1. The Bertz CT molecular complexity index is 836. The summed E-state index contributed by atoms with van der Waals surface area (Å²) >= 11 is 0. The van der Waals surface area contributed by atoms with Crippen LogP contribution in [0.3, 0.4) is 0 Å². The molecule has 2 heterocycles. The van der Waals surface area contributed by atoms with Crippen LogP contribution in [0.5, 0.6) is 0 Å². The van der Waals surface area contributed by atoms with E-state index in [4.69, 9.17) is 0 Å². The number of hydrogen-bond acceptors (Lipinski definition) is 4. The van der Waals surface area contributed by atoms with E-state index in [2.05, 4.69) is 15.2 Å². The minimum absolute atomic E-state index is 0.0602. The smallest absolute Gasteiger partial charge is 0.253 e. The lowest BCUT2D eigenvalue weighted by molar-refractivity contribution is -0.123. The molecule has 1 aliphatic rings. The topological polar surface area (TPSA) is 65.5 Å². The predicted octanol–water partition coefficient (Wildman–Crippen LogP) is 3.17. The van der Waals surface area contributed by atoms with Gasteiger partial charge in [-0.05, 0) is 36.4 Å². The number of carbonyl (C=O) groups is 2. The molecule has 0 aliphatic carbocycles. The van der Waals surface area contributed by atoms with Gasteiger partial charge in [0.25, 0.3) is 5.91 Å². The summed E-state index contributed by atoms with van der Waals surface area (Å²) in [4.78, 5) is 32.9. The van der Waals surface area contributed by atoms with Gasteiger partial charge in [0.15, 0.2) is 0 Å². The zero-order chi connectivity index (χ0) is 20.3. The van der Waals surface area contributed by atoms with Crippen molar-refractivity contribution in [1.82, 2.24) is 9.88 Å². The Morgan fingerprint density at radius 3 is 2.18 bits per heavy atom. The van der Waals surface area contributed by atoms with Gasteiger partial charge in [0.1, 0.15) is 11.6 Å². The molecular weight excluding hydrogens is 359 g/mol. The van der Waals surface area contributed by atoms with E-state index in [1.54, 1.807) is 11.1 Å². The number of amides is 2. The Hall–Kier alpha value is -2.96. The van der Waals surface area contributed by atoms with Crippen LogP contribution in [0.4, 0.5) is 15.9 Å². The fourth-order valence-electron chi connectivity index (χ4n) is 2.88. The number of pyridine rings is 1. The van der Waals surface area contributed by atoms with Gasteiger partial charge in [0.2, 0.25) is 5.91 Å². The van der Waals surface area contributed by atoms with Gasteiger partial charge in [-0.3, -0.25) is 9.59 Å². The molecule has 0 bridgehead atoms. The summed E-state index contributed by atoms with van der Waals surface area (Å²) in [7, 11) is 0. The minimum Gasteiger partial charge on any atom is -0.353 e. The van der Waals surface area contributed by atoms with Crippen LogP contribution in [-0.4, -0.2) is 47.9 Å². The molecule has 1 aliphatic heterocycles. The van der Waals surface area contributed by atoms with Crippen LogP contribution in [0.2, 0.25) is 0 Å². The van der Waals surface area contributed by atoms with Gasteiger partial charge in [-0.25, -0.2) is 9.37 Å². The molecule has 0 unspecified atom stereocenters. The van der Waals surface area contributed by atoms with Crippen LogP contribution in [0.15, 0.2) is 42.6 Å². The van der Waals surface area contributed by atoms with E-state index < -0.39 is 5.41 Å². The average molecular weight is 384 g/mol. The van der Waals surface area contributed by atoms with E-state index in [1.165, 1.54) is 24.3 Å². The molecule has 1 N–H and O–H groups in total. The van der Waals surface area contributed by atoms with Crippen molar-refractivity contribution in [2.45, 2.75) is 20.8 Å². The molecule has 2 amide bonds. The van der Waals surface area contributed by atoms with Crippen LogP contribution < -0.4 is 10.2 Å². The van der Waals surface area contributed by atoms with Crippen molar-refractivity contribution in [2.24, 2.45) is 5.41 Å². The van der Waals surface area contributed by atoms with Gasteiger partial charge in [-0.1, -0.05) is 20.8 Å². The fraction of sp³-hybridized carbons (Fsp3) is 0.381. The molecule has 0 saturated carbocycles. The first-order valence-corrected chi connectivity index (χ1v) is 9.31. The first kappa shape index (κ1) is 19.8. The number of benzene rings is 1. The summed E-state index contributed by atoms with van der Waals surface area (Å²) < 4.78 is 13.0. The van der Waals surface area contributed by atoms with Crippen molar-refractivity contribution in [1.29, 1.82) is 0 Å². The zero-order valence-corrected chi connectivity index (χ0v) is 16.4. The highest BCUT2D eigenvalue weighted by Crippen LogP contribution is 2.20. The molecule has 1 aromatic heterocycles. The Morgan fingerprint density at radius 1 is 1.00 bits per heavy atom. The van der Waals surface area contributed by atoms with Crippen molar-refractivity contribution in [2.75, 3.05) is 36.4 Å². The Balaban J connectivity index is 1.56. The van der Waals surface area contributed by atoms with Crippen molar-refractivity contribution in [3.8, 4) is 0 Å². The highest BCUT2D eigenvalue weighted by atomic mass is 19.1. The first-order chi connectivity index (χ1) is 13.2. The van der Waals surface area contributed by atoms with Crippen molar-refractivity contribution >= 4 is 23.3 Å². The Kier molecular flexibility index (Phi) is 5.63. The monoisotopic (exact) mass is 384 g/mol. The second kappa shape index (κ2) is 7.96. The number of rotatable bonds is 3. The quantitative estimate of drug-likeness (QED) is 0.883. The SMILES string of the molecule is CC(C)(C)C(=O)Nc1ccc(N2CCN(C(=O)c3ccc(F)cc3)CC2)nc1. The summed E-state index contributed by atoms with van der Waals surface area (Å²) in [6.07, 6.45) is 1.65. The molecule has 7 heteroatoms. The van der Waals surface area contributed by atoms with Gasteiger partial charge in [0.05, 0.1) is 11.9 Å². The summed E-state index contributed by atoms with van der Waals surface area (Å²) in [6, 6.07) is 9.32. The van der Waals surface area contributed by atoms with Gasteiger partial charge in [-0.2, -0.15) is 0 Å². The zero-order valence-electron chi connectivity index (χ0n) is 16.4. The lowest BCUT2D eigenvalue weighted by Gasteiger charge is -2.35. The Labute approximate surface area is 164 Å². The lowest BCUT2D eigenvalue weighted by atomic mass is 9.96. The van der Waals surface area contributed by atoms with E-state index in [9.17, 15) is 14.0 Å². The Morgan fingerprint density at radius 2 is 1.64 bits per heavy atom. The second-order valence-corrected chi connectivity index (χ2v) is 7.90. The van der Waals surface area contributed by atoms with Crippen molar-refractivity contribution in [3.63, 3.8) is 0 Å². The minimum atomic E-state index is -0.466. The summed E-state index contributed by atoms with van der Waals surface area (Å²) in [5.41, 5.74) is 0.687. The normalized spacial score (nSPS) is 14.7. The molecule has 28 heavy (non-hydrogen) atoms.